The van der Waals surface area contributed by atoms with Gasteiger partial charge in [0.05, 0.1) is 5.69 Å². The number of amidine groups is 1. The second kappa shape index (κ2) is 6.85. The van der Waals surface area contributed by atoms with E-state index in [1.54, 1.807) is 6.20 Å². The van der Waals surface area contributed by atoms with Gasteiger partial charge in [0.1, 0.15) is 0 Å². The number of hydrogen-bond acceptors (Lipinski definition) is 4. The number of nitrogens with one attached hydrogen (secondary N) is 1. The maximum absolute atomic E-state index is 8.69. The highest BCUT2D eigenvalue weighted by Gasteiger charge is 2.04. The fourth-order valence-electron chi connectivity index (χ4n) is 2.13. The first kappa shape index (κ1) is 15.0. The van der Waals surface area contributed by atoms with Gasteiger partial charge >= 0.3 is 0 Å². The summed E-state index contributed by atoms with van der Waals surface area (Å²) in [6, 6.07) is 9.75. The molecule has 0 spiro atoms. The first-order chi connectivity index (χ1) is 10.1. The van der Waals surface area contributed by atoms with Crippen molar-refractivity contribution >= 4 is 5.84 Å². The fourth-order valence-corrected chi connectivity index (χ4v) is 2.13. The van der Waals surface area contributed by atoms with E-state index in [1.165, 1.54) is 11.1 Å². The molecule has 0 aliphatic carbocycles. The van der Waals surface area contributed by atoms with Crippen LogP contribution in [0.3, 0.4) is 0 Å². The highest BCUT2D eigenvalue weighted by molar-refractivity contribution is 5.97. The first-order valence-corrected chi connectivity index (χ1v) is 6.80. The number of nitrogens with zero attached hydrogens (tertiary/aromatic N) is 2. The number of pyridine rings is 1. The molecule has 2 aromatic rings. The van der Waals surface area contributed by atoms with E-state index in [0.29, 0.717) is 0 Å². The Labute approximate surface area is 124 Å². The van der Waals surface area contributed by atoms with E-state index in [1.807, 2.05) is 31.2 Å². The van der Waals surface area contributed by atoms with Crippen LogP contribution in [0.25, 0.3) is 0 Å². The van der Waals surface area contributed by atoms with Crippen LogP contribution in [-0.2, 0) is 13.1 Å². The molecule has 0 unspecified atom stereocenters. The molecular formula is C16H20N4O. The highest BCUT2D eigenvalue weighted by Crippen LogP contribution is 2.11. The molecule has 1 heterocycles. The van der Waals surface area contributed by atoms with Crippen LogP contribution in [0.2, 0.25) is 0 Å². The van der Waals surface area contributed by atoms with Crippen LogP contribution in [0.15, 0.2) is 41.7 Å². The van der Waals surface area contributed by atoms with Crippen LogP contribution in [0.5, 0.6) is 0 Å². The molecule has 21 heavy (non-hydrogen) atoms. The van der Waals surface area contributed by atoms with Gasteiger partial charge in [0.25, 0.3) is 0 Å². The van der Waals surface area contributed by atoms with Crippen molar-refractivity contribution in [2.75, 3.05) is 0 Å². The SMILES string of the molecule is Cc1cc(/C(N)=N/O)ccc1CNCc1ncccc1C. The van der Waals surface area contributed by atoms with Crippen molar-refractivity contribution in [2.45, 2.75) is 26.9 Å². The van der Waals surface area contributed by atoms with Gasteiger partial charge in [-0.15, -0.1) is 0 Å². The van der Waals surface area contributed by atoms with E-state index in [-0.39, 0.29) is 5.84 Å². The number of hydrogen-bond donors (Lipinski definition) is 3. The number of aryl methyl sites for hydroxylation is 2. The molecule has 1 aromatic heterocycles. The molecule has 0 bridgehead atoms. The Morgan fingerprint density at radius 1 is 1.24 bits per heavy atom. The molecule has 2 rings (SSSR count). The number of aromatic nitrogens is 1. The minimum atomic E-state index is 0.127. The predicted octanol–water partition coefficient (Wildman–Crippen LogP) is 2.08. The van der Waals surface area contributed by atoms with Crippen molar-refractivity contribution in [1.82, 2.24) is 10.3 Å². The summed E-state index contributed by atoms with van der Waals surface area (Å²) in [6.45, 7) is 5.55. The molecule has 5 nitrogen and oxygen atoms in total. The van der Waals surface area contributed by atoms with Gasteiger partial charge in [-0.3, -0.25) is 4.98 Å². The van der Waals surface area contributed by atoms with Gasteiger partial charge in [-0.1, -0.05) is 23.4 Å². The van der Waals surface area contributed by atoms with Crippen molar-refractivity contribution in [3.63, 3.8) is 0 Å². The van der Waals surface area contributed by atoms with E-state index < -0.39 is 0 Å². The fraction of sp³-hybridized carbons (Fsp3) is 0.250. The van der Waals surface area contributed by atoms with Gasteiger partial charge in [-0.2, -0.15) is 0 Å². The van der Waals surface area contributed by atoms with E-state index in [9.17, 15) is 0 Å². The average molecular weight is 284 g/mol. The molecule has 0 radical (unpaired) electrons. The maximum Gasteiger partial charge on any atom is 0.170 e. The number of nitrogens with two attached hydrogens (primary N) is 1. The molecule has 1 aromatic carbocycles. The van der Waals surface area contributed by atoms with Gasteiger partial charge < -0.3 is 16.3 Å². The topological polar surface area (TPSA) is 83.5 Å². The summed E-state index contributed by atoms with van der Waals surface area (Å²) in [6.07, 6.45) is 1.81. The summed E-state index contributed by atoms with van der Waals surface area (Å²) in [5.74, 6) is 0.127. The maximum atomic E-state index is 8.69. The summed E-state index contributed by atoms with van der Waals surface area (Å²) >= 11 is 0. The summed E-state index contributed by atoms with van der Waals surface area (Å²) in [4.78, 5) is 4.36. The van der Waals surface area contributed by atoms with Crippen LogP contribution in [0.1, 0.15) is 27.9 Å². The van der Waals surface area contributed by atoms with Crippen LogP contribution < -0.4 is 11.1 Å². The van der Waals surface area contributed by atoms with Crippen molar-refractivity contribution in [3.05, 3.63) is 64.5 Å². The molecule has 0 atom stereocenters. The third-order valence-corrected chi connectivity index (χ3v) is 3.47. The van der Waals surface area contributed by atoms with Crippen molar-refractivity contribution in [2.24, 2.45) is 10.9 Å². The molecule has 0 amide bonds. The third-order valence-electron chi connectivity index (χ3n) is 3.47. The molecule has 0 saturated heterocycles. The summed E-state index contributed by atoms with van der Waals surface area (Å²) in [5.41, 5.74) is 10.8. The molecular weight excluding hydrogens is 264 g/mol. The predicted molar refractivity (Wildman–Crippen MR) is 83.2 cm³/mol. The molecule has 0 aliphatic heterocycles. The van der Waals surface area contributed by atoms with Crippen molar-refractivity contribution < 1.29 is 5.21 Å². The standard InChI is InChI=1S/C16H20N4O/c1-11-4-3-7-19-15(11)10-18-9-14-6-5-13(8-12(14)2)16(17)20-21/h3-8,18,21H,9-10H2,1-2H3,(H2,17,20). The average Bonchev–Trinajstić information content (AvgIpc) is 2.50. The molecule has 110 valence electrons. The lowest BCUT2D eigenvalue weighted by Crippen LogP contribution is -2.17. The lowest BCUT2D eigenvalue weighted by atomic mass is 10.0. The first-order valence-electron chi connectivity index (χ1n) is 6.80. The zero-order chi connectivity index (χ0) is 15.2. The van der Waals surface area contributed by atoms with Crippen LogP contribution in [0, 0.1) is 13.8 Å². The van der Waals surface area contributed by atoms with E-state index in [2.05, 4.69) is 28.4 Å². The van der Waals surface area contributed by atoms with Crippen LogP contribution >= 0.6 is 0 Å². The number of benzene rings is 1. The lowest BCUT2D eigenvalue weighted by molar-refractivity contribution is 0.318. The number of oxime groups is 1. The van der Waals surface area contributed by atoms with Gasteiger partial charge in [0.2, 0.25) is 0 Å². The van der Waals surface area contributed by atoms with Crippen LogP contribution in [0.4, 0.5) is 0 Å². The second-order valence-electron chi connectivity index (χ2n) is 5.00. The van der Waals surface area contributed by atoms with Gasteiger partial charge in [0, 0.05) is 24.8 Å². The lowest BCUT2D eigenvalue weighted by Gasteiger charge is -2.10. The largest absolute Gasteiger partial charge is 0.409 e. The zero-order valence-electron chi connectivity index (χ0n) is 12.3. The Morgan fingerprint density at radius 3 is 2.71 bits per heavy atom. The Balaban J connectivity index is 1.99. The third kappa shape index (κ3) is 3.79. The Hall–Kier alpha value is -2.40. The smallest absolute Gasteiger partial charge is 0.170 e. The van der Waals surface area contributed by atoms with E-state index in [0.717, 1.165) is 29.9 Å². The number of rotatable bonds is 5. The molecule has 5 heteroatoms. The van der Waals surface area contributed by atoms with Gasteiger partial charge in [-0.25, -0.2) is 0 Å². The van der Waals surface area contributed by atoms with E-state index >= 15 is 0 Å². The van der Waals surface area contributed by atoms with Crippen molar-refractivity contribution in [1.29, 1.82) is 0 Å². The minimum Gasteiger partial charge on any atom is -0.409 e. The molecule has 4 N–H and O–H groups in total. The summed E-state index contributed by atoms with van der Waals surface area (Å²) in [5, 5.41) is 15.1. The monoisotopic (exact) mass is 284 g/mol. The van der Waals surface area contributed by atoms with Gasteiger partial charge in [-0.05, 0) is 42.7 Å². The van der Waals surface area contributed by atoms with Gasteiger partial charge in [0.15, 0.2) is 5.84 Å². The Bertz CT molecular complexity index is 652. The molecule has 0 aliphatic rings. The van der Waals surface area contributed by atoms with Crippen LogP contribution in [-0.4, -0.2) is 16.0 Å². The summed E-state index contributed by atoms with van der Waals surface area (Å²) in [7, 11) is 0. The Morgan fingerprint density at radius 2 is 2.05 bits per heavy atom. The molecule has 0 saturated carbocycles. The Kier molecular flexibility index (Phi) is 4.90. The van der Waals surface area contributed by atoms with E-state index in [4.69, 9.17) is 10.9 Å². The zero-order valence-corrected chi connectivity index (χ0v) is 12.3. The van der Waals surface area contributed by atoms with Crippen molar-refractivity contribution in [3.8, 4) is 0 Å². The minimum absolute atomic E-state index is 0.127. The summed E-state index contributed by atoms with van der Waals surface area (Å²) < 4.78 is 0. The quantitative estimate of drug-likeness (QED) is 0.340. The second-order valence-corrected chi connectivity index (χ2v) is 5.00. The highest BCUT2D eigenvalue weighted by atomic mass is 16.4. The normalized spacial score (nSPS) is 11.6. The molecule has 0 fully saturated rings.